The average Bonchev–Trinajstić information content (AvgIpc) is 2.31. The van der Waals surface area contributed by atoms with E-state index in [9.17, 15) is 4.79 Å². The summed E-state index contributed by atoms with van der Waals surface area (Å²) in [5.74, 6) is -0.0602. The Kier molecular flexibility index (Phi) is 5.58. The number of nitrogens with one attached hydrogen (secondary N) is 1. The van der Waals surface area contributed by atoms with Crippen molar-refractivity contribution < 1.29 is 9.53 Å². The van der Waals surface area contributed by atoms with Gasteiger partial charge in [-0.1, -0.05) is 13.8 Å². The lowest BCUT2D eigenvalue weighted by Crippen LogP contribution is -2.41. The lowest BCUT2D eigenvalue weighted by atomic mass is 10.0. The Bertz CT molecular complexity index is 365. The van der Waals surface area contributed by atoms with Crippen molar-refractivity contribution in [2.45, 2.75) is 26.4 Å². The van der Waals surface area contributed by atoms with E-state index in [0.717, 1.165) is 10.2 Å². The zero-order chi connectivity index (χ0) is 12.8. The Labute approximate surface area is 110 Å². The Hall–Kier alpha value is -0.940. The van der Waals surface area contributed by atoms with E-state index in [2.05, 4.69) is 26.2 Å². The van der Waals surface area contributed by atoms with Gasteiger partial charge in [0.2, 0.25) is 0 Å². The van der Waals surface area contributed by atoms with Crippen LogP contribution in [0.3, 0.4) is 0 Å². The number of aromatic nitrogens is 1. The normalized spacial score (nSPS) is 12.5. The second-order valence-electron chi connectivity index (χ2n) is 4.09. The first-order valence-electron chi connectivity index (χ1n) is 5.46. The monoisotopic (exact) mass is 300 g/mol. The molecule has 5 heteroatoms. The maximum atomic E-state index is 11.5. The van der Waals surface area contributed by atoms with E-state index in [1.165, 1.54) is 7.11 Å². The van der Waals surface area contributed by atoms with Gasteiger partial charge in [-0.3, -0.25) is 15.1 Å². The predicted molar refractivity (Wildman–Crippen MR) is 69.4 cm³/mol. The molecule has 0 saturated carbocycles. The largest absolute Gasteiger partial charge is 0.468 e. The highest BCUT2D eigenvalue weighted by molar-refractivity contribution is 9.10. The molecule has 0 aromatic carbocycles. The minimum absolute atomic E-state index is 0.179. The van der Waals surface area contributed by atoms with Crippen molar-refractivity contribution in [3.63, 3.8) is 0 Å². The molecule has 0 radical (unpaired) electrons. The minimum atomic E-state index is -0.301. The zero-order valence-electron chi connectivity index (χ0n) is 10.2. The van der Waals surface area contributed by atoms with Crippen LogP contribution >= 0.6 is 15.9 Å². The molecular formula is C12H17BrN2O2. The summed E-state index contributed by atoms with van der Waals surface area (Å²) < 4.78 is 5.69. The highest BCUT2D eigenvalue weighted by atomic mass is 79.9. The first-order chi connectivity index (χ1) is 8.04. The SMILES string of the molecule is COC(=O)[C@@H](NCc1ccc(Br)cn1)C(C)C. The molecule has 1 aromatic heterocycles. The summed E-state index contributed by atoms with van der Waals surface area (Å²) in [7, 11) is 1.40. The first kappa shape index (κ1) is 14.1. The Balaban J connectivity index is 2.58. The number of carbonyl (C=O) groups is 1. The molecule has 17 heavy (non-hydrogen) atoms. The molecule has 0 unspecified atom stereocenters. The maximum Gasteiger partial charge on any atom is 0.323 e. The quantitative estimate of drug-likeness (QED) is 0.847. The van der Waals surface area contributed by atoms with E-state index in [0.29, 0.717) is 6.54 Å². The van der Waals surface area contributed by atoms with Crippen molar-refractivity contribution in [1.29, 1.82) is 0 Å². The van der Waals surface area contributed by atoms with Gasteiger partial charge in [-0.25, -0.2) is 0 Å². The molecule has 0 aliphatic heterocycles. The van der Waals surface area contributed by atoms with Crippen molar-refractivity contribution in [1.82, 2.24) is 10.3 Å². The summed E-state index contributed by atoms with van der Waals surface area (Å²) >= 11 is 3.33. The molecule has 1 aromatic rings. The van der Waals surface area contributed by atoms with Crippen LogP contribution in [-0.4, -0.2) is 24.1 Å². The number of rotatable bonds is 5. The molecule has 1 atom stereocenters. The van der Waals surface area contributed by atoms with Gasteiger partial charge in [0.15, 0.2) is 0 Å². The lowest BCUT2D eigenvalue weighted by molar-refractivity contribution is -0.144. The molecule has 0 spiro atoms. The topological polar surface area (TPSA) is 51.2 Å². The molecular weight excluding hydrogens is 284 g/mol. The maximum absolute atomic E-state index is 11.5. The Morgan fingerprint density at radius 3 is 2.71 bits per heavy atom. The number of pyridine rings is 1. The van der Waals surface area contributed by atoms with Crippen molar-refractivity contribution >= 4 is 21.9 Å². The van der Waals surface area contributed by atoms with Crippen LogP contribution in [0.15, 0.2) is 22.8 Å². The molecule has 0 saturated heterocycles. The molecule has 0 amide bonds. The molecule has 0 aliphatic carbocycles. The summed E-state index contributed by atoms with van der Waals surface area (Å²) in [5, 5.41) is 3.15. The third-order valence-electron chi connectivity index (χ3n) is 2.41. The molecule has 0 fully saturated rings. The average molecular weight is 301 g/mol. The van der Waals surface area contributed by atoms with Gasteiger partial charge < -0.3 is 4.74 Å². The van der Waals surface area contributed by atoms with E-state index >= 15 is 0 Å². The van der Waals surface area contributed by atoms with Crippen LogP contribution in [0, 0.1) is 5.92 Å². The van der Waals surface area contributed by atoms with Crippen LogP contribution in [-0.2, 0) is 16.1 Å². The van der Waals surface area contributed by atoms with E-state index < -0.39 is 0 Å². The van der Waals surface area contributed by atoms with Crippen LogP contribution in [0.4, 0.5) is 0 Å². The molecule has 1 rings (SSSR count). The highest BCUT2D eigenvalue weighted by Gasteiger charge is 2.22. The fraction of sp³-hybridized carbons (Fsp3) is 0.500. The van der Waals surface area contributed by atoms with Crippen LogP contribution in [0.5, 0.6) is 0 Å². The third-order valence-corrected chi connectivity index (χ3v) is 2.88. The Morgan fingerprint density at radius 2 is 2.24 bits per heavy atom. The van der Waals surface area contributed by atoms with Gasteiger partial charge in [-0.15, -0.1) is 0 Å². The van der Waals surface area contributed by atoms with Gasteiger partial charge in [0.25, 0.3) is 0 Å². The zero-order valence-corrected chi connectivity index (χ0v) is 11.8. The number of nitrogens with zero attached hydrogens (tertiary/aromatic N) is 1. The number of hydrogen-bond acceptors (Lipinski definition) is 4. The number of carbonyl (C=O) groups excluding carboxylic acids is 1. The second kappa shape index (κ2) is 6.71. The van der Waals surface area contributed by atoms with Crippen LogP contribution in [0.1, 0.15) is 19.5 Å². The smallest absolute Gasteiger partial charge is 0.323 e. The number of ether oxygens (including phenoxy) is 1. The summed E-state index contributed by atoms with van der Waals surface area (Å²) in [6.07, 6.45) is 1.74. The number of hydrogen-bond donors (Lipinski definition) is 1. The summed E-state index contributed by atoms with van der Waals surface area (Å²) in [6.45, 7) is 4.50. The van der Waals surface area contributed by atoms with Gasteiger partial charge in [-0.05, 0) is 34.0 Å². The fourth-order valence-electron chi connectivity index (χ4n) is 1.44. The van der Waals surface area contributed by atoms with Crippen LogP contribution < -0.4 is 5.32 Å². The van der Waals surface area contributed by atoms with Gasteiger partial charge >= 0.3 is 5.97 Å². The van der Waals surface area contributed by atoms with Crippen molar-refractivity contribution in [3.8, 4) is 0 Å². The predicted octanol–water partition coefficient (Wildman–Crippen LogP) is 2.13. The third kappa shape index (κ3) is 4.44. The van der Waals surface area contributed by atoms with Gasteiger partial charge in [0.05, 0.1) is 12.8 Å². The second-order valence-corrected chi connectivity index (χ2v) is 5.01. The van der Waals surface area contributed by atoms with Crippen molar-refractivity contribution in [2.24, 2.45) is 5.92 Å². The first-order valence-corrected chi connectivity index (χ1v) is 6.25. The highest BCUT2D eigenvalue weighted by Crippen LogP contribution is 2.09. The van der Waals surface area contributed by atoms with Crippen molar-refractivity contribution in [2.75, 3.05) is 7.11 Å². The summed E-state index contributed by atoms with van der Waals surface area (Å²) in [4.78, 5) is 15.7. The van der Waals surface area contributed by atoms with Crippen molar-refractivity contribution in [3.05, 3.63) is 28.5 Å². The lowest BCUT2D eigenvalue weighted by Gasteiger charge is -2.19. The van der Waals surface area contributed by atoms with E-state index in [1.54, 1.807) is 6.20 Å². The number of methoxy groups -OCH3 is 1. The van der Waals surface area contributed by atoms with Gasteiger partial charge in [-0.2, -0.15) is 0 Å². The van der Waals surface area contributed by atoms with E-state index in [1.807, 2.05) is 26.0 Å². The van der Waals surface area contributed by atoms with Crippen LogP contribution in [0.25, 0.3) is 0 Å². The fourth-order valence-corrected chi connectivity index (χ4v) is 1.68. The molecule has 1 heterocycles. The van der Waals surface area contributed by atoms with Gasteiger partial charge in [0.1, 0.15) is 6.04 Å². The van der Waals surface area contributed by atoms with Crippen LogP contribution in [0.2, 0.25) is 0 Å². The number of halogens is 1. The molecule has 4 nitrogen and oxygen atoms in total. The minimum Gasteiger partial charge on any atom is -0.468 e. The van der Waals surface area contributed by atoms with Gasteiger partial charge in [0, 0.05) is 17.2 Å². The molecule has 0 aliphatic rings. The molecule has 1 N–H and O–H groups in total. The number of esters is 1. The van der Waals surface area contributed by atoms with E-state index in [4.69, 9.17) is 4.74 Å². The standard InChI is InChI=1S/C12H17BrN2O2/c1-8(2)11(12(16)17-3)15-7-10-5-4-9(13)6-14-10/h4-6,8,11,15H,7H2,1-3H3/t11-/m0/s1. The summed E-state index contributed by atoms with van der Waals surface area (Å²) in [5.41, 5.74) is 0.891. The summed E-state index contributed by atoms with van der Waals surface area (Å²) in [6, 6.07) is 3.53. The Morgan fingerprint density at radius 1 is 1.53 bits per heavy atom. The molecule has 0 bridgehead atoms. The van der Waals surface area contributed by atoms with E-state index in [-0.39, 0.29) is 17.9 Å². The molecule has 94 valence electrons.